The van der Waals surface area contributed by atoms with Gasteiger partial charge in [0.05, 0.1) is 20.6 Å². The van der Waals surface area contributed by atoms with Crippen LogP contribution >= 0.6 is 23.2 Å². The molecule has 0 aliphatic carbocycles. The summed E-state index contributed by atoms with van der Waals surface area (Å²) in [5.74, 6) is -0.149. The number of hydrogen-bond acceptors (Lipinski definition) is 6. The molecule has 0 spiro atoms. The number of benzene rings is 4. The minimum atomic E-state index is -4.26. The number of hydrogen-bond donors (Lipinski definition) is 1. The van der Waals surface area contributed by atoms with Gasteiger partial charge in [0.25, 0.3) is 10.0 Å². The maximum atomic E-state index is 14.5. The second-order valence-electron chi connectivity index (χ2n) is 10.5. The molecule has 4 aromatic rings. The number of likely N-dealkylation sites (N-methyl/N-ethyl adjacent to an activating group) is 1. The zero-order valence-electron chi connectivity index (χ0n) is 25.1. The van der Waals surface area contributed by atoms with Crippen LogP contribution in [0.4, 0.5) is 5.69 Å². The van der Waals surface area contributed by atoms with Gasteiger partial charge in [0.2, 0.25) is 11.8 Å². The number of anilines is 1. The Balaban J connectivity index is 1.59. The number of carbonyl (C=O) groups is 2. The molecule has 0 bridgehead atoms. The van der Waals surface area contributed by atoms with Crippen LogP contribution in [0.2, 0.25) is 10.0 Å². The van der Waals surface area contributed by atoms with Crippen molar-refractivity contribution in [1.82, 2.24) is 10.2 Å². The van der Waals surface area contributed by atoms with Crippen LogP contribution in [0.15, 0.2) is 102 Å². The fourth-order valence-corrected chi connectivity index (χ4v) is 6.86. The third kappa shape index (κ3) is 7.75. The van der Waals surface area contributed by atoms with Gasteiger partial charge in [-0.15, -0.1) is 0 Å². The fourth-order valence-electron chi connectivity index (χ4n) is 5.12. The van der Waals surface area contributed by atoms with Crippen molar-refractivity contribution in [3.63, 3.8) is 0 Å². The van der Waals surface area contributed by atoms with Crippen molar-refractivity contribution in [3.05, 3.63) is 118 Å². The second kappa shape index (κ2) is 14.9. The van der Waals surface area contributed by atoms with Crippen molar-refractivity contribution in [2.45, 2.75) is 30.8 Å². The van der Waals surface area contributed by atoms with Crippen LogP contribution in [0.1, 0.15) is 18.1 Å². The van der Waals surface area contributed by atoms with E-state index in [2.05, 4.69) is 5.32 Å². The molecule has 0 unspecified atom stereocenters. The van der Waals surface area contributed by atoms with Crippen molar-refractivity contribution >= 4 is 50.7 Å². The Morgan fingerprint density at radius 1 is 0.826 bits per heavy atom. The zero-order chi connectivity index (χ0) is 32.7. The number of fused-ring (bicyclic) bond motifs is 1. The molecule has 0 fully saturated rings. The van der Waals surface area contributed by atoms with Gasteiger partial charge in [-0.2, -0.15) is 0 Å². The summed E-state index contributed by atoms with van der Waals surface area (Å²) in [6.45, 7) is 2.14. The topological polar surface area (TPSA) is 105 Å². The molecule has 5 rings (SSSR count). The minimum Gasteiger partial charge on any atom is -0.486 e. The van der Waals surface area contributed by atoms with E-state index in [9.17, 15) is 18.0 Å². The van der Waals surface area contributed by atoms with E-state index in [1.807, 2.05) is 30.3 Å². The van der Waals surface area contributed by atoms with Gasteiger partial charge in [-0.3, -0.25) is 13.9 Å². The quantitative estimate of drug-likeness (QED) is 0.205. The lowest BCUT2D eigenvalue weighted by Crippen LogP contribution is -2.53. The lowest BCUT2D eigenvalue weighted by atomic mass is 10.0. The predicted octanol–water partition coefficient (Wildman–Crippen LogP) is 5.74. The highest BCUT2D eigenvalue weighted by molar-refractivity contribution is 7.92. The second-order valence-corrected chi connectivity index (χ2v) is 13.2. The maximum absolute atomic E-state index is 14.5. The van der Waals surface area contributed by atoms with Crippen LogP contribution in [0.3, 0.4) is 0 Å². The van der Waals surface area contributed by atoms with E-state index < -0.39 is 28.5 Å². The molecule has 240 valence electrons. The van der Waals surface area contributed by atoms with Crippen LogP contribution < -0.4 is 19.1 Å². The molecule has 4 aromatic carbocycles. The lowest BCUT2D eigenvalue weighted by Gasteiger charge is -2.34. The molecule has 9 nitrogen and oxygen atoms in total. The number of sulfonamides is 1. The summed E-state index contributed by atoms with van der Waals surface area (Å²) in [6, 6.07) is 25.9. The van der Waals surface area contributed by atoms with Crippen LogP contribution in [0, 0.1) is 0 Å². The Kier molecular flexibility index (Phi) is 10.7. The van der Waals surface area contributed by atoms with Crippen LogP contribution in [0.25, 0.3) is 0 Å². The first kappa shape index (κ1) is 33.1. The summed E-state index contributed by atoms with van der Waals surface area (Å²) in [5, 5.41) is 3.47. The summed E-state index contributed by atoms with van der Waals surface area (Å²) in [4.78, 5) is 29.5. The number of amides is 2. The number of nitrogens with zero attached hydrogens (tertiary/aromatic N) is 2. The van der Waals surface area contributed by atoms with Crippen molar-refractivity contribution in [2.75, 3.05) is 30.6 Å². The number of carbonyl (C=O) groups excluding carboxylic acids is 2. The Morgan fingerprint density at radius 2 is 1.50 bits per heavy atom. The smallest absolute Gasteiger partial charge is 0.264 e. The summed E-state index contributed by atoms with van der Waals surface area (Å²) < 4.78 is 40.7. The first-order valence-electron chi connectivity index (χ1n) is 14.7. The third-order valence-corrected chi connectivity index (χ3v) is 9.91. The van der Waals surface area contributed by atoms with Crippen molar-refractivity contribution in [3.8, 4) is 11.5 Å². The van der Waals surface area contributed by atoms with E-state index in [1.165, 1.54) is 23.1 Å². The summed E-state index contributed by atoms with van der Waals surface area (Å²) in [5.41, 5.74) is 1.64. The van der Waals surface area contributed by atoms with E-state index in [0.29, 0.717) is 41.8 Å². The normalized spacial score (nSPS) is 13.0. The van der Waals surface area contributed by atoms with E-state index in [0.717, 1.165) is 9.87 Å². The van der Waals surface area contributed by atoms with Gasteiger partial charge in [-0.25, -0.2) is 8.42 Å². The zero-order valence-corrected chi connectivity index (χ0v) is 27.4. The number of rotatable bonds is 12. The number of halogens is 2. The first-order valence-corrected chi connectivity index (χ1v) is 16.9. The Morgan fingerprint density at radius 3 is 2.17 bits per heavy atom. The van der Waals surface area contributed by atoms with Gasteiger partial charge in [-0.05, 0) is 54.4 Å². The number of ether oxygens (including phenoxy) is 2. The standard InChI is InChI=1S/C34H33Cl2N3O6S/c1-2-37-34(41)30(20-24-9-5-3-6-10-24)38(22-25-13-15-28(35)29(36)19-25)33(40)23-39(46(42,43)27-11-7-4-8-12-27)26-14-16-31-32(21-26)45-18-17-44-31/h3-16,19,21,30H,2,17-18,20,22-23H2,1H3,(H,37,41)/t30-/m1/s1. The SMILES string of the molecule is CCNC(=O)[C@@H](Cc1ccccc1)N(Cc1ccc(Cl)c(Cl)c1)C(=O)CN(c1ccc2c(c1)OCCO2)S(=O)(=O)c1ccccc1. The first-order chi connectivity index (χ1) is 22.2. The molecule has 0 saturated heterocycles. The van der Waals surface area contributed by atoms with Crippen molar-refractivity contribution in [1.29, 1.82) is 0 Å². The van der Waals surface area contributed by atoms with E-state index >= 15 is 0 Å². The largest absolute Gasteiger partial charge is 0.486 e. The van der Waals surface area contributed by atoms with Crippen molar-refractivity contribution < 1.29 is 27.5 Å². The fraction of sp³-hybridized carbons (Fsp3) is 0.235. The van der Waals surface area contributed by atoms with E-state index in [4.69, 9.17) is 32.7 Å². The molecule has 1 N–H and O–H groups in total. The van der Waals surface area contributed by atoms with Gasteiger partial charge >= 0.3 is 0 Å². The molecular weight excluding hydrogens is 649 g/mol. The molecule has 0 aromatic heterocycles. The Hall–Kier alpha value is -4.25. The highest BCUT2D eigenvalue weighted by atomic mass is 35.5. The predicted molar refractivity (Wildman–Crippen MR) is 178 cm³/mol. The average Bonchev–Trinajstić information content (AvgIpc) is 3.07. The highest BCUT2D eigenvalue weighted by Crippen LogP contribution is 2.36. The highest BCUT2D eigenvalue weighted by Gasteiger charge is 2.35. The van der Waals surface area contributed by atoms with Gasteiger partial charge < -0.3 is 19.7 Å². The van der Waals surface area contributed by atoms with Gasteiger partial charge in [-0.1, -0.05) is 77.8 Å². The molecule has 46 heavy (non-hydrogen) atoms. The summed E-state index contributed by atoms with van der Waals surface area (Å²) in [7, 11) is -4.26. The third-order valence-electron chi connectivity index (χ3n) is 7.38. The molecule has 12 heteroatoms. The minimum absolute atomic E-state index is 0.00159. The molecule has 0 saturated carbocycles. The maximum Gasteiger partial charge on any atom is 0.264 e. The molecule has 2 amide bonds. The Labute approximate surface area is 278 Å². The van der Waals surface area contributed by atoms with Gasteiger partial charge in [0, 0.05) is 25.6 Å². The molecule has 1 heterocycles. The summed E-state index contributed by atoms with van der Waals surface area (Å²) >= 11 is 12.5. The molecule has 1 aliphatic rings. The van der Waals surface area contributed by atoms with Crippen molar-refractivity contribution in [2.24, 2.45) is 0 Å². The average molecular weight is 683 g/mol. The monoisotopic (exact) mass is 681 g/mol. The summed E-state index contributed by atoms with van der Waals surface area (Å²) in [6.07, 6.45) is 0.190. The van der Waals surface area contributed by atoms with Gasteiger partial charge in [0.1, 0.15) is 25.8 Å². The van der Waals surface area contributed by atoms with E-state index in [1.54, 1.807) is 55.5 Å². The molecule has 1 aliphatic heterocycles. The Bertz CT molecular complexity index is 1790. The van der Waals surface area contributed by atoms with Gasteiger partial charge in [0.15, 0.2) is 11.5 Å². The molecule has 0 radical (unpaired) electrons. The van der Waals surface area contributed by atoms with Crippen LogP contribution in [-0.4, -0.2) is 57.5 Å². The van der Waals surface area contributed by atoms with Crippen LogP contribution in [-0.2, 0) is 32.6 Å². The van der Waals surface area contributed by atoms with Crippen LogP contribution in [0.5, 0.6) is 11.5 Å². The molecule has 1 atom stereocenters. The molecular formula is C34H33Cl2N3O6S. The number of nitrogens with one attached hydrogen (secondary N) is 1. The lowest BCUT2D eigenvalue weighted by molar-refractivity contribution is -0.140. The van der Waals surface area contributed by atoms with E-state index in [-0.39, 0.29) is 34.5 Å².